The van der Waals surface area contributed by atoms with E-state index < -0.39 is 0 Å². The Bertz CT molecular complexity index is 801. The summed E-state index contributed by atoms with van der Waals surface area (Å²) in [6.45, 7) is 2.50. The predicted molar refractivity (Wildman–Crippen MR) is 76.7 cm³/mol. The number of fused-ring (bicyclic) bond motifs is 1. The van der Waals surface area contributed by atoms with E-state index in [9.17, 15) is 0 Å². The molecule has 3 aromatic rings. The van der Waals surface area contributed by atoms with Gasteiger partial charge in [-0.3, -0.25) is 0 Å². The Kier molecular flexibility index (Phi) is 3.59. The molecule has 0 spiro atoms. The van der Waals surface area contributed by atoms with Crippen molar-refractivity contribution in [2.45, 2.75) is 25.3 Å². The van der Waals surface area contributed by atoms with Gasteiger partial charge in [0.25, 0.3) is 0 Å². The summed E-state index contributed by atoms with van der Waals surface area (Å²) in [6.07, 6.45) is 1.91. The van der Waals surface area contributed by atoms with Crippen LogP contribution in [0.2, 0.25) is 0 Å². The van der Waals surface area contributed by atoms with Crippen LogP contribution >= 0.6 is 11.6 Å². The largest absolute Gasteiger partial charge is 0.343 e. The molecular weight excluding hydrogens is 290 g/mol. The molecule has 6 nitrogen and oxygen atoms in total. The molecule has 0 aliphatic carbocycles. The lowest BCUT2D eigenvalue weighted by molar-refractivity contribution is 0.408. The minimum Gasteiger partial charge on any atom is -0.343 e. The molecule has 2 aromatic heterocycles. The number of aryl methyl sites for hydroxylation is 2. The molecule has 0 saturated carbocycles. The predicted octanol–water partition coefficient (Wildman–Crippen LogP) is 2.83. The van der Waals surface area contributed by atoms with Crippen molar-refractivity contribution in [1.82, 2.24) is 19.7 Å². The van der Waals surface area contributed by atoms with Gasteiger partial charge < -0.3 is 9.09 Å². The van der Waals surface area contributed by atoms with Crippen LogP contribution in [0.15, 0.2) is 29.1 Å². The number of alkyl halides is 1. The Labute approximate surface area is 126 Å². The third-order valence-electron chi connectivity index (χ3n) is 3.23. The lowest BCUT2D eigenvalue weighted by Gasteiger charge is -2.09. The molecule has 7 heteroatoms. The number of hydrogen-bond donors (Lipinski definition) is 0. The van der Waals surface area contributed by atoms with Crippen LogP contribution in [0.4, 0.5) is 0 Å². The summed E-state index contributed by atoms with van der Waals surface area (Å²) in [5.41, 5.74) is 2.31. The molecule has 0 amide bonds. The highest BCUT2D eigenvalue weighted by Gasteiger charge is 2.15. The number of halogens is 1. The molecular formula is C14H12ClN5O. The van der Waals surface area contributed by atoms with Gasteiger partial charge in [-0.15, -0.1) is 11.6 Å². The van der Waals surface area contributed by atoms with Crippen molar-refractivity contribution in [3.8, 4) is 6.07 Å². The first-order chi connectivity index (χ1) is 10.2. The van der Waals surface area contributed by atoms with Crippen molar-refractivity contribution in [2.24, 2.45) is 0 Å². The molecule has 1 unspecified atom stereocenters. The number of aromatic nitrogens is 4. The highest BCUT2D eigenvalue weighted by Crippen LogP contribution is 2.25. The lowest BCUT2D eigenvalue weighted by atomic mass is 10.2. The van der Waals surface area contributed by atoms with Crippen molar-refractivity contribution in [3.63, 3.8) is 0 Å². The summed E-state index contributed by atoms with van der Waals surface area (Å²) in [6, 6.07) is 7.55. The average molecular weight is 302 g/mol. The summed E-state index contributed by atoms with van der Waals surface area (Å²) in [5.74, 6) is 1.40. The Morgan fingerprint density at radius 3 is 3.00 bits per heavy atom. The third-order valence-corrected chi connectivity index (χ3v) is 3.42. The van der Waals surface area contributed by atoms with Crippen molar-refractivity contribution in [2.75, 3.05) is 0 Å². The summed E-state index contributed by atoms with van der Waals surface area (Å²) >= 11 is 6.22. The minimum atomic E-state index is -0.229. The van der Waals surface area contributed by atoms with E-state index in [-0.39, 0.29) is 5.38 Å². The number of hydrogen-bond acceptors (Lipinski definition) is 5. The zero-order valence-electron chi connectivity index (χ0n) is 11.3. The van der Waals surface area contributed by atoms with Crippen LogP contribution in [-0.4, -0.2) is 19.7 Å². The Hall–Kier alpha value is -2.39. The van der Waals surface area contributed by atoms with Gasteiger partial charge in [0.1, 0.15) is 5.82 Å². The normalized spacial score (nSPS) is 12.4. The highest BCUT2D eigenvalue weighted by atomic mass is 35.5. The zero-order valence-corrected chi connectivity index (χ0v) is 12.1. The average Bonchev–Trinajstić information content (AvgIpc) is 3.11. The zero-order chi connectivity index (χ0) is 14.8. The van der Waals surface area contributed by atoms with Gasteiger partial charge in [-0.2, -0.15) is 10.2 Å². The first kappa shape index (κ1) is 13.6. The van der Waals surface area contributed by atoms with Crippen molar-refractivity contribution < 1.29 is 4.52 Å². The van der Waals surface area contributed by atoms with E-state index in [4.69, 9.17) is 21.4 Å². The molecule has 1 atom stereocenters. The maximum atomic E-state index is 9.05. The van der Waals surface area contributed by atoms with Gasteiger partial charge in [0.2, 0.25) is 6.39 Å². The molecule has 0 radical (unpaired) electrons. The maximum Gasteiger partial charge on any atom is 0.213 e. The van der Waals surface area contributed by atoms with Crippen LogP contribution < -0.4 is 0 Å². The van der Waals surface area contributed by atoms with Crippen molar-refractivity contribution in [3.05, 3.63) is 41.8 Å². The number of benzene rings is 1. The van der Waals surface area contributed by atoms with Gasteiger partial charge in [-0.25, -0.2) is 4.98 Å². The maximum absolute atomic E-state index is 9.05. The molecule has 0 bridgehead atoms. The molecule has 106 valence electrons. The standard InChI is InChI=1S/C14H12ClN5O/c1-9(15)14-18-11-3-2-10(7-16)6-12(11)20(14)5-4-13-17-8-21-19-13/h2-3,6,8-9H,4-5H2,1H3. The van der Waals surface area contributed by atoms with Crippen LogP contribution in [0.3, 0.4) is 0 Å². The van der Waals surface area contributed by atoms with Crippen LogP contribution in [0, 0.1) is 11.3 Å². The molecule has 0 saturated heterocycles. The Morgan fingerprint density at radius 1 is 1.48 bits per heavy atom. The lowest BCUT2D eigenvalue weighted by Crippen LogP contribution is -2.07. The van der Waals surface area contributed by atoms with Crippen LogP contribution in [0.25, 0.3) is 11.0 Å². The van der Waals surface area contributed by atoms with Crippen molar-refractivity contribution in [1.29, 1.82) is 5.26 Å². The fourth-order valence-electron chi connectivity index (χ4n) is 2.26. The third kappa shape index (κ3) is 2.60. The fourth-order valence-corrected chi connectivity index (χ4v) is 2.43. The van der Waals surface area contributed by atoms with E-state index in [1.165, 1.54) is 6.39 Å². The molecule has 0 fully saturated rings. The summed E-state index contributed by atoms with van der Waals surface area (Å²) in [4.78, 5) is 8.55. The van der Waals surface area contributed by atoms with Gasteiger partial charge in [-0.1, -0.05) is 5.16 Å². The van der Waals surface area contributed by atoms with E-state index in [0.717, 1.165) is 16.9 Å². The van der Waals surface area contributed by atoms with Gasteiger partial charge in [0.05, 0.1) is 28.0 Å². The van der Waals surface area contributed by atoms with E-state index in [1.54, 1.807) is 6.07 Å². The second kappa shape index (κ2) is 5.54. The number of nitrogens with zero attached hydrogens (tertiary/aromatic N) is 5. The molecule has 2 heterocycles. The number of imidazole rings is 1. The van der Waals surface area contributed by atoms with Crippen LogP contribution in [-0.2, 0) is 13.0 Å². The molecule has 0 aliphatic heterocycles. The number of rotatable bonds is 4. The second-order valence-corrected chi connectivity index (χ2v) is 5.31. The van der Waals surface area contributed by atoms with Gasteiger partial charge >= 0.3 is 0 Å². The van der Waals surface area contributed by atoms with Gasteiger partial charge in [-0.05, 0) is 25.1 Å². The molecule has 21 heavy (non-hydrogen) atoms. The minimum absolute atomic E-state index is 0.229. The van der Waals surface area contributed by atoms with Crippen LogP contribution in [0.1, 0.15) is 29.5 Å². The molecule has 3 rings (SSSR count). The quantitative estimate of drug-likeness (QED) is 0.692. The van der Waals surface area contributed by atoms with E-state index in [2.05, 4.69) is 21.2 Å². The highest BCUT2D eigenvalue weighted by molar-refractivity contribution is 6.20. The van der Waals surface area contributed by atoms with Crippen molar-refractivity contribution >= 4 is 22.6 Å². The first-order valence-corrected chi connectivity index (χ1v) is 6.92. The summed E-state index contributed by atoms with van der Waals surface area (Å²) in [5, 5.41) is 12.6. The number of nitriles is 1. The fraction of sp³-hybridized carbons (Fsp3) is 0.286. The Morgan fingerprint density at radius 2 is 2.33 bits per heavy atom. The second-order valence-electron chi connectivity index (χ2n) is 4.65. The molecule has 0 N–H and O–H groups in total. The summed E-state index contributed by atoms with van der Waals surface area (Å²) < 4.78 is 6.74. The summed E-state index contributed by atoms with van der Waals surface area (Å²) in [7, 11) is 0. The Balaban J connectivity index is 2.04. The van der Waals surface area contributed by atoms with E-state index in [1.807, 2.05) is 23.6 Å². The van der Waals surface area contributed by atoms with Gasteiger partial charge in [0.15, 0.2) is 5.82 Å². The van der Waals surface area contributed by atoms with E-state index in [0.29, 0.717) is 24.4 Å². The SMILES string of the molecule is CC(Cl)c1nc2ccc(C#N)cc2n1CCc1ncon1. The first-order valence-electron chi connectivity index (χ1n) is 6.48. The van der Waals surface area contributed by atoms with Crippen LogP contribution in [0.5, 0.6) is 0 Å². The molecule has 1 aromatic carbocycles. The smallest absolute Gasteiger partial charge is 0.213 e. The van der Waals surface area contributed by atoms with E-state index >= 15 is 0 Å². The van der Waals surface area contributed by atoms with Gasteiger partial charge in [0, 0.05) is 13.0 Å². The topological polar surface area (TPSA) is 80.5 Å². The molecule has 0 aliphatic rings. The monoisotopic (exact) mass is 301 g/mol.